The van der Waals surface area contributed by atoms with Gasteiger partial charge in [-0.25, -0.2) is 13.4 Å². The van der Waals surface area contributed by atoms with Crippen molar-refractivity contribution in [3.05, 3.63) is 89.7 Å². The summed E-state index contributed by atoms with van der Waals surface area (Å²) in [5.41, 5.74) is 3.96. The number of hydrogen-bond acceptors (Lipinski definition) is 4. The Balaban J connectivity index is 1.33. The molecule has 1 aromatic heterocycles. The Bertz CT molecular complexity index is 1490. The van der Waals surface area contributed by atoms with Crippen molar-refractivity contribution in [3.8, 4) is 0 Å². The number of sulfonamides is 1. The molecule has 0 bridgehead atoms. The smallest absolute Gasteiger partial charge is 0.264 e. The van der Waals surface area contributed by atoms with E-state index in [1.807, 2.05) is 62.4 Å². The highest BCUT2D eigenvalue weighted by Crippen LogP contribution is 2.36. The van der Waals surface area contributed by atoms with Gasteiger partial charge in [-0.2, -0.15) is 0 Å². The number of rotatable bonds is 6. The molecule has 1 atom stereocenters. The summed E-state index contributed by atoms with van der Waals surface area (Å²) in [6, 6.07) is 21.5. The van der Waals surface area contributed by atoms with E-state index in [2.05, 4.69) is 14.9 Å². The highest BCUT2D eigenvalue weighted by atomic mass is 32.2. The SMILES string of the molecule is Cc1nc2ccccc2n1CCNC(=O)c1cccc(S(=O)(=O)N2c3ccccc3CC2C)c1. The quantitative estimate of drug-likeness (QED) is 0.459. The molecule has 1 aliphatic heterocycles. The molecule has 0 saturated carbocycles. The molecule has 34 heavy (non-hydrogen) atoms. The lowest BCUT2D eigenvalue weighted by molar-refractivity contribution is 0.0952. The number of nitrogens with one attached hydrogen (secondary N) is 1. The molecular formula is C26H26N4O3S. The highest BCUT2D eigenvalue weighted by Gasteiger charge is 2.36. The van der Waals surface area contributed by atoms with Gasteiger partial charge in [-0.3, -0.25) is 9.10 Å². The first-order valence-electron chi connectivity index (χ1n) is 11.3. The summed E-state index contributed by atoms with van der Waals surface area (Å²) in [7, 11) is -3.80. The van der Waals surface area contributed by atoms with Crippen LogP contribution in [-0.4, -0.2) is 36.5 Å². The number of aromatic nitrogens is 2. The zero-order chi connectivity index (χ0) is 23.9. The molecule has 1 N–H and O–H groups in total. The first-order chi connectivity index (χ1) is 16.4. The Morgan fingerprint density at radius 3 is 2.68 bits per heavy atom. The summed E-state index contributed by atoms with van der Waals surface area (Å²) in [6.45, 7) is 4.80. The Morgan fingerprint density at radius 2 is 1.82 bits per heavy atom. The summed E-state index contributed by atoms with van der Waals surface area (Å²) in [4.78, 5) is 17.5. The first-order valence-corrected chi connectivity index (χ1v) is 12.7. The average Bonchev–Trinajstić information content (AvgIpc) is 3.34. The highest BCUT2D eigenvalue weighted by molar-refractivity contribution is 7.92. The average molecular weight is 475 g/mol. The van der Waals surface area contributed by atoms with E-state index < -0.39 is 10.0 Å². The molecule has 8 heteroatoms. The lowest BCUT2D eigenvalue weighted by atomic mass is 10.1. The third-order valence-corrected chi connectivity index (χ3v) is 8.19. The van der Waals surface area contributed by atoms with E-state index in [0.717, 1.165) is 22.4 Å². The van der Waals surface area contributed by atoms with Crippen molar-refractivity contribution in [1.29, 1.82) is 0 Å². The van der Waals surface area contributed by atoms with Crippen molar-refractivity contribution in [2.75, 3.05) is 10.8 Å². The Hall–Kier alpha value is -3.65. The second-order valence-electron chi connectivity index (χ2n) is 8.57. The Morgan fingerprint density at radius 1 is 1.06 bits per heavy atom. The van der Waals surface area contributed by atoms with Gasteiger partial charge in [-0.05, 0) is 62.2 Å². The van der Waals surface area contributed by atoms with Crippen LogP contribution in [0, 0.1) is 6.92 Å². The molecule has 0 saturated heterocycles. The fourth-order valence-electron chi connectivity index (χ4n) is 4.68. The van der Waals surface area contributed by atoms with Crippen LogP contribution in [0.5, 0.6) is 0 Å². The molecule has 0 aliphatic carbocycles. The van der Waals surface area contributed by atoms with E-state index in [1.54, 1.807) is 18.2 Å². The number of carbonyl (C=O) groups excluding carboxylic acids is 1. The second kappa shape index (κ2) is 8.61. The summed E-state index contributed by atoms with van der Waals surface area (Å²) >= 11 is 0. The molecule has 1 aliphatic rings. The number of para-hydroxylation sites is 3. The number of fused-ring (bicyclic) bond motifs is 2. The van der Waals surface area contributed by atoms with Gasteiger partial charge in [0.05, 0.1) is 21.6 Å². The van der Waals surface area contributed by atoms with Crippen molar-refractivity contribution >= 4 is 32.7 Å². The van der Waals surface area contributed by atoms with Gasteiger partial charge in [0.25, 0.3) is 15.9 Å². The van der Waals surface area contributed by atoms with Gasteiger partial charge in [0.15, 0.2) is 0 Å². The van der Waals surface area contributed by atoms with Gasteiger partial charge >= 0.3 is 0 Å². The Labute approximate surface area is 199 Å². The van der Waals surface area contributed by atoms with Gasteiger partial charge in [0.2, 0.25) is 0 Å². The fourth-order valence-corrected chi connectivity index (χ4v) is 6.42. The Kier molecular flexibility index (Phi) is 5.61. The molecule has 7 nitrogen and oxygen atoms in total. The van der Waals surface area contributed by atoms with Crippen molar-refractivity contribution in [2.24, 2.45) is 0 Å². The zero-order valence-electron chi connectivity index (χ0n) is 19.1. The summed E-state index contributed by atoms with van der Waals surface area (Å²) in [5, 5.41) is 2.91. The third kappa shape index (κ3) is 3.84. The number of amides is 1. The minimum atomic E-state index is -3.80. The zero-order valence-corrected chi connectivity index (χ0v) is 19.9. The van der Waals surface area contributed by atoms with E-state index in [4.69, 9.17) is 0 Å². The topological polar surface area (TPSA) is 84.3 Å². The maximum Gasteiger partial charge on any atom is 0.264 e. The van der Waals surface area contributed by atoms with E-state index in [-0.39, 0.29) is 16.8 Å². The molecule has 0 spiro atoms. The van der Waals surface area contributed by atoms with Crippen LogP contribution < -0.4 is 9.62 Å². The molecule has 1 amide bonds. The number of hydrogen-bond donors (Lipinski definition) is 1. The van der Waals surface area contributed by atoms with E-state index >= 15 is 0 Å². The minimum absolute atomic E-state index is 0.111. The van der Waals surface area contributed by atoms with Gasteiger partial charge in [0.1, 0.15) is 5.82 Å². The third-order valence-electron chi connectivity index (χ3n) is 6.26. The van der Waals surface area contributed by atoms with Crippen LogP contribution >= 0.6 is 0 Å². The monoisotopic (exact) mass is 474 g/mol. The summed E-state index contributed by atoms with van der Waals surface area (Å²) < 4.78 is 30.5. The van der Waals surface area contributed by atoms with Crippen molar-refractivity contribution in [3.63, 3.8) is 0 Å². The number of carbonyl (C=O) groups is 1. The second-order valence-corrected chi connectivity index (χ2v) is 10.4. The standard InChI is InChI=1S/C26H26N4O3S/c1-18-16-20-8-3-5-12-24(20)30(18)34(32,33)22-10-7-9-21(17-22)26(31)27-14-15-29-19(2)28-23-11-4-6-13-25(23)29/h3-13,17-18H,14-16H2,1-2H3,(H,27,31). The lowest BCUT2D eigenvalue weighted by Gasteiger charge is -2.24. The fraction of sp³-hybridized carbons (Fsp3) is 0.231. The van der Waals surface area contributed by atoms with Crippen LogP contribution in [0.1, 0.15) is 28.7 Å². The molecule has 4 aromatic rings. The number of aryl methyl sites for hydroxylation is 1. The van der Waals surface area contributed by atoms with Crippen LogP contribution in [0.15, 0.2) is 77.7 Å². The number of anilines is 1. The van der Waals surface area contributed by atoms with Crippen molar-refractivity contribution in [1.82, 2.24) is 14.9 Å². The first kappa shape index (κ1) is 22.2. The molecule has 5 rings (SSSR count). The number of imidazole rings is 1. The summed E-state index contributed by atoms with van der Waals surface area (Å²) in [6.07, 6.45) is 0.665. The molecule has 1 unspecified atom stereocenters. The van der Waals surface area contributed by atoms with E-state index in [1.165, 1.54) is 10.4 Å². The number of nitrogens with zero attached hydrogens (tertiary/aromatic N) is 3. The molecule has 3 aromatic carbocycles. The predicted molar refractivity (Wildman–Crippen MR) is 133 cm³/mol. The molecule has 2 heterocycles. The lowest BCUT2D eigenvalue weighted by Crippen LogP contribution is -2.36. The normalized spacial score (nSPS) is 15.5. The summed E-state index contributed by atoms with van der Waals surface area (Å²) in [5.74, 6) is 0.567. The largest absolute Gasteiger partial charge is 0.350 e. The van der Waals surface area contributed by atoms with Gasteiger partial charge in [0, 0.05) is 24.7 Å². The van der Waals surface area contributed by atoms with E-state index in [9.17, 15) is 13.2 Å². The minimum Gasteiger partial charge on any atom is -0.350 e. The van der Waals surface area contributed by atoms with Crippen LogP contribution in [0.2, 0.25) is 0 Å². The van der Waals surface area contributed by atoms with Crippen molar-refractivity contribution < 1.29 is 13.2 Å². The van der Waals surface area contributed by atoms with Gasteiger partial charge in [-0.15, -0.1) is 0 Å². The molecule has 174 valence electrons. The molecule has 0 fully saturated rings. The van der Waals surface area contributed by atoms with Crippen molar-refractivity contribution in [2.45, 2.75) is 37.8 Å². The van der Waals surface area contributed by atoms with Crippen LogP contribution in [0.3, 0.4) is 0 Å². The predicted octanol–water partition coefficient (Wildman–Crippen LogP) is 3.91. The van der Waals surface area contributed by atoms with Crippen LogP contribution in [0.25, 0.3) is 11.0 Å². The number of benzene rings is 3. The maximum absolute atomic E-state index is 13.5. The van der Waals surface area contributed by atoms with Gasteiger partial charge < -0.3 is 9.88 Å². The molecule has 0 radical (unpaired) electrons. The van der Waals surface area contributed by atoms with Crippen LogP contribution in [0.4, 0.5) is 5.69 Å². The molecular weight excluding hydrogens is 448 g/mol. The maximum atomic E-state index is 13.5. The van der Waals surface area contributed by atoms with Crippen LogP contribution in [-0.2, 0) is 23.0 Å². The van der Waals surface area contributed by atoms with Gasteiger partial charge in [-0.1, -0.05) is 36.4 Å². The van der Waals surface area contributed by atoms with E-state index in [0.29, 0.717) is 30.8 Å².